The van der Waals surface area contributed by atoms with Crippen LogP contribution in [0.15, 0.2) is 42.6 Å². The fourth-order valence-corrected chi connectivity index (χ4v) is 2.17. The van der Waals surface area contributed by atoms with Crippen molar-refractivity contribution in [2.24, 2.45) is 5.73 Å². The van der Waals surface area contributed by atoms with Gasteiger partial charge in [0.2, 0.25) is 5.88 Å². The number of nitrogens with one attached hydrogen (secondary N) is 1. The van der Waals surface area contributed by atoms with E-state index in [0.717, 1.165) is 18.5 Å². The molecule has 3 aromatic rings. The Morgan fingerprint density at radius 2 is 2.17 bits per heavy atom. The second kappa shape index (κ2) is 7.17. The fraction of sp³-hybridized carbons (Fsp3) is 0.250. The summed E-state index contributed by atoms with van der Waals surface area (Å²) >= 11 is 0. The van der Waals surface area contributed by atoms with Gasteiger partial charge in [-0.25, -0.2) is 8.91 Å². The first-order valence-corrected chi connectivity index (χ1v) is 7.45. The summed E-state index contributed by atoms with van der Waals surface area (Å²) < 4.78 is 20.7. The quantitative estimate of drug-likeness (QED) is 0.653. The third kappa shape index (κ3) is 3.82. The van der Waals surface area contributed by atoms with E-state index in [1.165, 1.54) is 12.1 Å². The Morgan fingerprint density at radius 3 is 3.00 bits per heavy atom. The van der Waals surface area contributed by atoms with Crippen molar-refractivity contribution in [1.29, 1.82) is 0 Å². The van der Waals surface area contributed by atoms with Crippen LogP contribution in [0.4, 0.5) is 4.39 Å². The van der Waals surface area contributed by atoms with E-state index in [1.807, 2.05) is 18.3 Å². The maximum absolute atomic E-state index is 13.3. The first kappa shape index (κ1) is 15.4. The van der Waals surface area contributed by atoms with E-state index in [0.29, 0.717) is 30.5 Å². The molecule has 0 aliphatic carbocycles. The smallest absolute Gasteiger partial charge is 0.247 e. The molecule has 0 bridgehead atoms. The van der Waals surface area contributed by atoms with Gasteiger partial charge in [0.15, 0.2) is 5.82 Å². The van der Waals surface area contributed by atoms with Crippen molar-refractivity contribution >= 4 is 5.52 Å². The largest absolute Gasteiger partial charge is 0.437 e. The zero-order valence-corrected chi connectivity index (χ0v) is 12.6. The Balaban J connectivity index is 1.84. The van der Waals surface area contributed by atoms with Gasteiger partial charge in [0.25, 0.3) is 0 Å². The Kier molecular flexibility index (Phi) is 4.80. The third-order valence-electron chi connectivity index (χ3n) is 3.25. The van der Waals surface area contributed by atoms with Gasteiger partial charge in [-0.2, -0.15) is 10.1 Å². The van der Waals surface area contributed by atoms with Crippen molar-refractivity contribution in [3.8, 4) is 11.6 Å². The number of nitrogens with zero attached hydrogens (tertiary/aromatic N) is 3. The van der Waals surface area contributed by atoms with Crippen LogP contribution in [0.3, 0.4) is 0 Å². The molecule has 120 valence electrons. The maximum atomic E-state index is 13.3. The summed E-state index contributed by atoms with van der Waals surface area (Å²) in [6, 6.07) is 9.67. The van der Waals surface area contributed by atoms with Gasteiger partial charge in [-0.3, -0.25) is 0 Å². The maximum Gasteiger partial charge on any atom is 0.247 e. The molecule has 0 saturated carbocycles. The summed E-state index contributed by atoms with van der Waals surface area (Å²) in [4.78, 5) is 4.43. The van der Waals surface area contributed by atoms with Gasteiger partial charge >= 0.3 is 0 Å². The minimum atomic E-state index is -0.355. The van der Waals surface area contributed by atoms with Crippen molar-refractivity contribution in [2.45, 2.75) is 13.0 Å². The van der Waals surface area contributed by atoms with Crippen molar-refractivity contribution in [2.75, 3.05) is 13.1 Å². The number of nitrogens with two attached hydrogens (primary N) is 1. The molecule has 0 amide bonds. The zero-order valence-electron chi connectivity index (χ0n) is 12.6. The highest BCUT2D eigenvalue weighted by molar-refractivity contribution is 5.57. The normalized spacial score (nSPS) is 11.0. The number of hydrogen-bond acceptors (Lipinski definition) is 5. The lowest BCUT2D eigenvalue weighted by atomic mass is 10.3. The van der Waals surface area contributed by atoms with E-state index in [9.17, 15) is 4.39 Å². The highest BCUT2D eigenvalue weighted by atomic mass is 19.1. The van der Waals surface area contributed by atoms with Crippen molar-refractivity contribution in [1.82, 2.24) is 19.9 Å². The number of ether oxygens (including phenoxy) is 1. The molecule has 3 rings (SSSR count). The molecule has 0 aliphatic rings. The summed E-state index contributed by atoms with van der Waals surface area (Å²) in [6.45, 7) is 1.94. The topological polar surface area (TPSA) is 77.5 Å². The number of rotatable bonds is 7. The van der Waals surface area contributed by atoms with Crippen LogP contribution in [0, 0.1) is 5.82 Å². The molecule has 0 aliphatic heterocycles. The fourth-order valence-electron chi connectivity index (χ4n) is 2.17. The highest BCUT2D eigenvalue weighted by Crippen LogP contribution is 2.24. The first-order chi connectivity index (χ1) is 11.3. The van der Waals surface area contributed by atoms with Crippen molar-refractivity contribution in [3.63, 3.8) is 0 Å². The van der Waals surface area contributed by atoms with Crippen molar-refractivity contribution in [3.05, 3.63) is 54.2 Å². The molecule has 0 spiro atoms. The van der Waals surface area contributed by atoms with E-state index in [2.05, 4.69) is 15.4 Å². The van der Waals surface area contributed by atoms with E-state index >= 15 is 0 Å². The lowest BCUT2D eigenvalue weighted by Gasteiger charge is -2.09. The second-order valence-electron chi connectivity index (χ2n) is 5.05. The molecule has 23 heavy (non-hydrogen) atoms. The number of aromatic nitrogens is 3. The number of benzene rings is 1. The van der Waals surface area contributed by atoms with E-state index in [-0.39, 0.29) is 5.82 Å². The van der Waals surface area contributed by atoms with Gasteiger partial charge in [-0.05, 0) is 43.8 Å². The Labute approximate surface area is 133 Å². The molecular formula is C16H18FN5O. The Bertz CT molecular complexity index is 789. The number of fused-ring (bicyclic) bond motifs is 1. The molecule has 3 N–H and O–H groups in total. The standard InChI is InChI=1S/C16H18FN5O/c17-12-4-1-5-13(10-12)23-16-14-6-2-9-22(14)21-15(20-16)11-19-8-3-7-18/h1-2,4-6,9-10,19H,3,7-8,11,18H2. The van der Waals surface area contributed by atoms with Gasteiger partial charge in [-0.15, -0.1) is 0 Å². The second-order valence-corrected chi connectivity index (χ2v) is 5.05. The molecule has 0 saturated heterocycles. The average Bonchev–Trinajstić information content (AvgIpc) is 3.00. The van der Waals surface area contributed by atoms with Crippen LogP contribution in [-0.4, -0.2) is 27.7 Å². The molecule has 0 radical (unpaired) electrons. The molecule has 0 unspecified atom stereocenters. The van der Waals surface area contributed by atoms with Crippen LogP contribution in [0.1, 0.15) is 12.2 Å². The van der Waals surface area contributed by atoms with E-state index < -0.39 is 0 Å². The molecular weight excluding hydrogens is 297 g/mol. The monoisotopic (exact) mass is 315 g/mol. The van der Waals surface area contributed by atoms with Crippen LogP contribution in [0.5, 0.6) is 11.6 Å². The van der Waals surface area contributed by atoms with Gasteiger partial charge in [0.1, 0.15) is 17.1 Å². The number of hydrogen-bond donors (Lipinski definition) is 2. The zero-order chi connectivity index (χ0) is 16.1. The third-order valence-corrected chi connectivity index (χ3v) is 3.25. The lowest BCUT2D eigenvalue weighted by Crippen LogP contribution is -2.20. The number of halogens is 1. The predicted molar refractivity (Wildman–Crippen MR) is 84.8 cm³/mol. The van der Waals surface area contributed by atoms with Crippen LogP contribution in [-0.2, 0) is 6.54 Å². The van der Waals surface area contributed by atoms with Gasteiger partial charge < -0.3 is 15.8 Å². The summed E-state index contributed by atoms with van der Waals surface area (Å²) in [5.41, 5.74) is 6.19. The molecule has 7 heteroatoms. The molecule has 0 atom stereocenters. The molecule has 2 heterocycles. The summed E-state index contributed by atoms with van der Waals surface area (Å²) in [5.74, 6) is 1.03. The summed E-state index contributed by atoms with van der Waals surface area (Å²) in [5, 5.41) is 7.64. The molecule has 1 aromatic carbocycles. The Hall–Kier alpha value is -2.51. The van der Waals surface area contributed by atoms with Gasteiger partial charge in [0, 0.05) is 12.3 Å². The van der Waals surface area contributed by atoms with Crippen LogP contribution in [0.25, 0.3) is 5.52 Å². The first-order valence-electron chi connectivity index (χ1n) is 7.45. The van der Waals surface area contributed by atoms with Crippen molar-refractivity contribution < 1.29 is 9.13 Å². The molecule has 6 nitrogen and oxygen atoms in total. The summed E-state index contributed by atoms with van der Waals surface area (Å²) in [6.07, 6.45) is 2.71. The van der Waals surface area contributed by atoms with E-state index in [1.54, 1.807) is 16.6 Å². The van der Waals surface area contributed by atoms with Crippen LogP contribution in [0.2, 0.25) is 0 Å². The van der Waals surface area contributed by atoms with Gasteiger partial charge in [-0.1, -0.05) is 6.07 Å². The van der Waals surface area contributed by atoms with Crippen LogP contribution < -0.4 is 15.8 Å². The van der Waals surface area contributed by atoms with E-state index in [4.69, 9.17) is 10.5 Å². The predicted octanol–water partition coefficient (Wildman–Crippen LogP) is 2.10. The molecule has 0 fully saturated rings. The SMILES string of the molecule is NCCCNCc1nc(Oc2cccc(F)c2)c2cccn2n1. The van der Waals surface area contributed by atoms with Crippen LogP contribution >= 0.6 is 0 Å². The average molecular weight is 315 g/mol. The highest BCUT2D eigenvalue weighted by Gasteiger charge is 2.10. The minimum Gasteiger partial charge on any atom is -0.437 e. The minimum absolute atomic E-state index is 0.355. The lowest BCUT2D eigenvalue weighted by molar-refractivity contribution is 0.452. The summed E-state index contributed by atoms with van der Waals surface area (Å²) in [7, 11) is 0. The van der Waals surface area contributed by atoms with Gasteiger partial charge in [0.05, 0.1) is 6.54 Å². The Morgan fingerprint density at radius 1 is 1.26 bits per heavy atom. The molecule has 2 aromatic heterocycles.